The molecule has 0 aromatic heterocycles. The average molecular weight is 226 g/mol. The predicted molar refractivity (Wildman–Crippen MR) is 74.4 cm³/mol. The fraction of sp³-hybridized carbons (Fsp3) is 0.333. The van der Waals surface area contributed by atoms with Crippen LogP contribution in [0.3, 0.4) is 0 Å². The molecule has 1 atom stereocenters. The normalized spacial score (nSPS) is 29.9. The predicted octanol–water partition coefficient (Wildman–Crippen LogP) is 3.70. The molecule has 0 aromatic carbocycles. The van der Waals surface area contributed by atoms with Crippen molar-refractivity contribution < 1.29 is 0 Å². The van der Waals surface area contributed by atoms with Gasteiger partial charge in [-0.2, -0.15) is 0 Å². The van der Waals surface area contributed by atoms with Gasteiger partial charge in [0.15, 0.2) is 0 Å². The van der Waals surface area contributed by atoms with E-state index in [2.05, 4.69) is 61.1 Å². The van der Waals surface area contributed by atoms with Crippen LogP contribution in [0.15, 0.2) is 58.3 Å². The van der Waals surface area contributed by atoms with Crippen molar-refractivity contribution in [2.75, 3.05) is 0 Å². The lowest BCUT2D eigenvalue weighted by molar-refractivity contribution is 0.387. The van der Waals surface area contributed by atoms with E-state index in [9.17, 15) is 0 Å². The maximum absolute atomic E-state index is 4.28. The molecule has 2 heteroatoms. The van der Waals surface area contributed by atoms with Gasteiger partial charge in [0.05, 0.1) is 5.41 Å². The van der Waals surface area contributed by atoms with Crippen LogP contribution in [-0.4, -0.2) is 12.4 Å². The molecule has 0 aromatic rings. The van der Waals surface area contributed by atoms with E-state index in [1.807, 2.05) is 12.4 Å². The van der Waals surface area contributed by atoms with Gasteiger partial charge < -0.3 is 0 Å². The molecule has 88 valence electrons. The second kappa shape index (κ2) is 4.28. The number of allylic oxidation sites excluding steroid dienone is 6. The molecule has 0 saturated carbocycles. The zero-order valence-corrected chi connectivity index (χ0v) is 10.6. The van der Waals surface area contributed by atoms with Crippen molar-refractivity contribution in [3.05, 3.63) is 48.4 Å². The summed E-state index contributed by atoms with van der Waals surface area (Å²) in [6.07, 6.45) is 18.2. The Hall–Kier alpha value is -1.70. The third kappa shape index (κ3) is 2.21. The van der Waals surface area contributed by atoms with Crippen molar-refractivity contribution >= 4 is 12.4 Å². The third-order valence-electron chi connectivity index (χ3n) is 3.58. The minimum Gasteiger partial charge on any atom is -0.266 e. The SMILES string of the molecule is CC1=CC=CC(C)(C2(C)C=NC=CN=C2)C=C1. The zero-order chi connectivity index (χ0) is 12.4. The van der Waals surface area contributed by atoms with E-state index >= 15 is 0 Å². The van der Waals surface area contributed by atoms with Gasteiger partial charge in [0.1, 0.15) is 0 Å². The smallest absolute Gasteiger partial charge is 0.0503 e. The molecule has 0 saturated heterocycles. The van der Waals surface area contributed by atoms with Gasteiger partial charge in [-0.05, 0) is 13.8 Å². The van der Waals surface area contributed by atoms with E-state index in [-0.39, 0.29) is 10.8 Å². The second-order valence-electron chi connectivity index (χ2n) is 5.02. The monoisotopic (exact) mass is 226 g/mol. The minimum atomic E-state index is -0.206. The maximum Gasteiger partial charge on any atom is 0.0503 e. The molecule has 1 aliphatic carbocycles. The van der Waals surface area contributed by atoms with Gasteiger partial charge >= 0.3 is 0 Å². The highest BCUT2D eigenvalue weighted by Crippen LogP contribution is 2.41. The van der Waals surface area contributed by atoms with Crippen LogP contribution in [0.2, 0.25) is 0 Å². The third-order valence-corrected chi connectivity index (χ3v) is 3.58. The van der Waals surface area contributed by atoms with Crippen molar-refractivity contribution in [2.24, 2.45) is 20.8 Å². The number of aliphatic imine (C=N–C) groups is 2. The highest BCUT2D eigenvalue weighted by Gasteiger charge is 2.39. The molecule has 1 unspecified atom stereocenters. The Labute approximate surface area is 103 Å². The summed E-state index contributed by atoms with van der Waals surface area (Å²) in [4.78, 5) is 8.56. The van der Waals surface area contributed by atoms with Gasteiger partial charge in [-0.25, -0.2) is 0 Å². The Kier molecular flexibility index (Phi) is 2.97. The molecule has 0 spiro atoms. The van der Waals surface area contributed by atoms with Crippen molar-refractivity contribution in [3.8, 4) is 0 Å². The summed E-state index contributed by atoms with van der Waals surface area (Å²) >= 11 is 0. The quantitative estimate of drug-likeness (QED) is 0.651. The molecule has 0 fully saturated rings. The van der Waals surface area contributed by atoms with Crippen molar-refractivity contribution in [3.63, 3.8) is 0 Å². The molecule has 2 nitrogen and oxygen atoms in total. The first-order valence-corrected chi connectivity index (χ1v) is 5.85. The van der Waals surface area contributed by atoms with Crippen LogP contribution < -0.4 is 0 Å². The largest absolute Gasteiger partial charge is 0.266 e. The standard InChI is InChI=1S/C15H18N2/c1-13-5-4-7-14(2,8-6-13)15(3)11-16-9-10-17-12-15/h4-12H,1-3H3. The first kappa shape index (κ1) is 11.8. The Balaban J connectivity index is 2.42. The van der Waals surface area contributed by atoms with Crippen molar-refractivity contribution in [1.29, 1.82) is 0 Å². The molecule has 17 heavy (non-hydrogen) atoms. The first-order chi connectivity index (χ1) is 8.06. The van der Waals surface area contributed by atoms with E-state index in [1.165, 1.54) is 5.57 Å². The zero-order valence-electron chi connectivity index (χ0n) is 10.6. The number of rotatable bonds is 1. The molecular weight excluding hydrogens is 208 g/mol. The lowest BCUT2D eigenvalue weighted by Gasteiger charge is -2.36. The van der Waals surface area contributed by atoms with Gasteiger partial charge in [0.2, 0.25) is 0 Å². The molecule has 0 N–H and O–H groups in total. The maximum atomic E-state index is 4.28. The molecular formula is C15H18N2. The second-order valence-corrected chi connectivity index (χ2v) is 5.02. The van der Waals surface area contributed by atoms with Gasteiger partial charge in [0.25, 0.3) is 0 Å². The van der Waals surface area contributed by atoms with Gasteiger partial charge in [-0.1, -0.05) is 42.9 Å². The Morgan fingerprint density at radius 2 is 1.59 bits per heavy atom. The number of hydrogen-bond acceptors (Lipinski definition) is 2. The Morgan fingerprint density at radius 1 is 0.941 bits per heavy atom. The molecule has 0 radical (unpaired) electrons. The van der Waals surface area contributed by atoms with Gasteiger partial charge in [-0.15, -0.1) is 0 Å². The lowest BCUT2D eigenvalue weighted by Crippen LogP contribution is -2.37. The van der Waals surface area contributed by atoms with Crippen LogP contribution in [0.25, 0.3) is 0 Å². The molecule has 1 heterocycles. The molecule has 2 rings (SSSR count). The van der Waals surface area contributed by atoms with Crippen LogP contribution >= 0.6 is 0 Å². The minimum absolute atomic E-state index is 0.111. The summed E-state index contributed by atoms with van der Waals surface area (Å²) < 4.78 is 0. The molecule has 2 aliphatic rings. The highest BCUT2D eigenvalue weighted by atomic mass is 14.8. The van der Waals surface area contributed by atoms with Crippen LogP contribution in [0.4, 0.5) is 0 Å². The van der Waals surface area contributed by atoms with Gasteiger partial charge in [0, 0.05) is 30.2 Å². The van der Waals surface area contributed by atoms with E-state index in [1.54, 1.807) is 12.4 Å². The molecule has 0 amide bonds. The van der Waals surface area contributed by atoms with E-state index < -0.39 is 0 Å². The number of hydrogen-bond donors (Lipinski definition) is 0. The number of nitrogens with zero attached hydrogens (tertiary/aromatic N) is 2. The highest BCUT2D eigenvalue weighted by molar-refractivity contribution is 5.92. The van der Waals surface area contributed by atoms with Crippen LogP contribution in [0.5, 0.6) is 0 Å². The summed E-state index contributed by atoms with van der Waals surface area (Å²) in [7, 11) is 0. The summed E-state index contributed by atoms with van der Waals surface area (Å²) in [5.41, 5.74) is 0.941. The van der Waals surface area contributed by atoms with Crippen molar-refractivity contribution in [1.82, 2.24) is 0 Å². The summed E-state index contributed by atoms with van der Waals surface area (Å²) in [6.45, 7) is 6.46. The fourth-order valence-corrected chi connectivity index (χ4v) is 1.96. The summed E-state index contributed by atoms with van der Waals surface area (Å²) in [5.74, 6) is 0. The molecule has 0 bridgehead atoms. The van der Waals surface area contributed by atoms with Crippen LogP contribution in [0, 0.1) is 10.8 Å². The van der Waals surface area contributed by atoms with Gasteiger partial charge in [-0.3, -0.25) is 9.98 Å². The fourth-order valence-electron chi connectivity index (χ4n) is 1.96. The van der Waals surface area contributed by atoms with Crippen molar-refractivity contribution in [2.45, 2.75) is 20.8 Å². The van der Waals surface area contributed by atoms with Crippen LogP contribution in [-0.2, 0) is 0 Å². The summed E-state index contributed by atoms with van der Waals surface area (Å²) in [6, 6.07) is 0. The molecule has 1 aliphatic heterocycles. The average Bonchev–Trinajstić information content (AvgIpc) is 2.61. The Morgan fingerprint density at radius 3 is 2.24 bits per heavy atom. The topological polar surface area (TPSA) is 24.7 Å². The van der Waals surface area contributed by atoms with Crippen LogP contribution in [0.1, 0.15) is 20.8 Å². The summed E-state index contributed by atoms with van der Waals surface area (Å²) in [5, 5.41) is 0. The Bertz CT molecular complexity index is 459. The lowest BCUT2D eigenvalue weighted by atomic mass is 9.66. The van der Waals surface area contributed by atoms with E-state index in [0.29, 0.717) is 0 Å². The van der Waals surface area contributed by atoms with E-state index in [0.717, 1.165) is 0 Å². The van der Waals surface area contributed by atoms with E-state index in [4.69, 9.17) is 0 Å². The first-order valence-electron chi connectivity index (χ1n) is 5.85.